The number of rotatable bonds is 8. The third-order valence-corrected chi connectivity index (χ3v) is 6.89. The zero-order chi connectivity index (χ0) is 22.4. The van der Waals surface area contributed by atoms with Gasteiger partial charge in [-0.05, 0) is 63.9 Å². The van der Waals surface area contributed by atoms with Crippen LogP contribution >= 0.6 is 11.8 Å². The van der Waals surface area contributed by atoms with E-state index < -0.39 is 11.7 Å². The molecule has 2 aliphatic heterocycles. The van der Waals surface area contributed by atoms with Gasteiger partial charge in [0.05, 0.1) is 0 Å². The van der Waals surface area contributed by atoms with Crippen LogP contribution in [0.25, 0.3) is 0 Å². The van der Waals surface area contributed by atoms with E-state index in [4.69, 9.17) is 5.73 Å². The standard InChI is InChI=1S/C23H33F3N4S/c1-3-17(23(24,25)26)14-21-22(16(2)28-11-7-10-27)29-19-9-6-8-18(15-20(19)31-21)30-12-4-5-13-30/h6,8,14-16,28-29H,3-5,7,9-13,27H2,1-2H3/b17-14+. The van der Waals surface area contributed by atoms with Gasteiger partial charge in [0.2, 0.25) is 0 Å². The molecule has 31 heavy (non-hydrogen) atoms. The molecule has 1 atom stereocenters. The molecule has 2 heterocycles. The van der Waals surface area contributed by atoms with Crippen molar-refractivity contribution in [1.29, 1.82) is 0 Å². The predicted octanol–water partition coefficient (Wildman–Crippen LogP) is 4.91. The summed E-state index contributed by atoms with van der Waals surface area (Å²) in [5, 5.41) is 6.87. The quantitative estimate of drug-likeness (QED) is 0.455. The summed E-state index contributed by atoms with van der Waals surface area (Å²) < 4.78 is 40.6. The highest BCUT2D eigenvalue weighted by Crippen LogP contribution is 2.41. The molecular formula is C23H33F3N4S. The molecule has 0 aromatic carbocycles. The Morgan fingerprint density at radius 3 is 2.74 bits per heavy atom. The topological polar surface area (TPSA) is 53.3 Å². The predicted molar refractivity (Wildman–Crippen MR) is 123 cm³/mol. The lowest BCUT2D eigenvalue weighted by atomic mass is 10.1. The molecule has 0 spiro atoms. The van der Waals surface area contributed by atoms with Gasteiger partial charge in [-0.25, -0.2) is 0 Å². The molecule has 1 unspecified atom stereocenters. The SMILES string of the molecule is CC/C(=C\C1=C(C(C)NCCCN)NC2=C(C=C(N3CCCC3)C=CC2)S1)C(F)(F)F. The number of nitrogens with zero attached hydrogens (tertiary/aromatic N) is 1. The molecule has 8 heteroatoms. The van der Waals surface area contributed by atoms with E-state index in [0.29, 0.717) is 11.4 Å². The lowest BCUT2D eigenvalue weighted by Crippen LogP contribution is -2.37. The average Bonchev–Trinajstić information content (AvgIpc) is 3.18. The maximum Gasteiger partial charge on any atom is 0.412 e. The minimum absolute atomic E-state index is 0.0574. The van der Waals surface area contributed by atoms with Gasteiger partial charge in [0.25, 0.3) is 0 Å². The van der Waals surface area contributed by atoms with Gasteiger partial charge in [-0.1, -0.05) is 24.8 Å². The third kappa shape index (κ3) is 6.20. The van der Waals surface area contributed by atoms with Crippen molar-refractivity contribution in [3.05, 3.63) is 56.8 Å². The Morgan fingerprint density at radius 2 is 2.10 bits per heavy atom. The Hall–Kier alpha value is -1.64. The maximum atomic E-state index is 13.5. The highest BCUT2D eigenvalue weighted by Gasteiger charge is 2.33. The van der Waals surface area contributed by atoms with Gasteiger partial charge < -0.3 is 21.3 Å². The van der Waals surface area contributed by atoms with E-state index in [1.165, 1.54) is 30.7 Å². The molecule has 1 aliphatic carbocycles. The van der Waals surface area contributed by atoms with Gasteiger partial charge in [-0.15, -0.1) is 0 Å². The minimum Gasteiger partial charge on any atom is -0.372 e. The largest absolute Gasteiger partial charge is 0.412 e. The summed E-state index contributed by atoms with van der Waals surface area (Å²) in [4.78, 5) is 3.97. The van der Waals surface area contributed by atoms with E-state index in [1.54, 1.807) is 6.92 Å². The van der Waals surface area contributed by atoms with Crippen molar-refractivity contribution in [1.82, 2.24) is 15.5 Å². The summed E-state index contributed by atoms with van der Waals surface area (Å²) in [7, 11) is 0. The van der Waals surface area contributed by atoms with E-state index >= 15 is 0 Å². The second kappa shape index (κ2) is 10.8. The molecular weight excluding hydrogens is 421 g/mol. The molecule has 172 valence electrons. The molecule has 1 saturated heterocycles. The summed E-state index contributed by atoms with van der Waals surface area (Å²) in [6.45, 7) is 6.88. The van der Waals surface area contributed by atoms with Gasteiger partial charge in [0.15, 0.2) is 0 Å². The normalized spacial score (nSPS) is 21.2. The fourth-order valence-corrected chi connectivity index (χ4v) is 5.15. The molecule has 0 aromatic heterocycles. The molecule has 3 rings (SSSR count). The first kappa shape index (κ1) is 24.0. The first-order valence-electron chi connectivity index (χ1n) is 11.1. The van der Waals surface area contributed by atoms with Crippen LogP contribution in [0.5, 0.6) is 0 Å². The minimum atomic E-state index is -4.33. The number of allylic oxidation sites excluding steroid dienone is 5. The Balaban J connectivity index is 1.93. The Morgan fingerprint density at radius 1 is 1.35 bits per heavy atom. The van der Waals surface area contributed by atoms with Crippen LogP contribution in [0.3, 0.4) is 0 Å². The van der Waals surface area contributed by atoms with E-state index in [0.717, 1.165) is 54.5 Å². The zero-order valence-corrected chi connectivity index (χ0v) is 19.1. The van der Waals surface area contributed by atoms with E-state index in [2.05, 4.69) is 33.8 Å². The summed E-state index contributed by atoms with van der Waals surface area (Å²) in [5.41, 5.74) is 8.06. The Bertz CT molecular complexity index is 802. The number of nitrogens with two attached hydrogens (primary N) is 1. The van der Waals surface area contributed by atoms with E-state index in [1.807, 2.05) is 6.92 Å². The molecule has 0 radical (unpaired) electrons. The van der Waals surface area contributed by atoms with E-state index in [-0.39, 0.29) is 12.5 Å². The molecule has 0 amide bonds. The van der Waals surface area contributed by atoms with Crippen LogP contribution in [0, 0.1) is 0 Å². The number of alkyl halides is 3. The highest BCUT2D eigenvalue weighted by atomic mass is 32.2. The van der Waals surface area contributed by atoms with Crippen molar-refractivity contribution in [2.75, 3.05) is 26.2 Å². The fraction of sp³-hybridized carbons (Fsp3) is 0.565. The van der Waals surface area contributed by atoms with Crippen molar-refractivity contribution >= 4 is 11.8 Å². The van der Waals surface area contributed by atoms with E-state index in [9.17, 15) is 13.2 Å². The zero-order valence-electron chi connectivity index (χ0n) is 18.3. The lowest BCUT2D eigenvalue weighted by molar-refractivity contribution is -0.0935. The fourth-order valence-electron chi connectivity index (χ4n) is 3.94. The molecule has 1 fully saturated rings. The number of hydrogen-bond acceptors (Lipinski definition) is 5. The molecule has 0 bridgehead atoms. The average molecular weight is 455 g/mol. The van der Waals surface area contributed by atoms with Gasteiger partial charge in [0, 0.05) is 58.0 Å². The second-order valence-corrected chi connectivity index (χ2v) is 9.14. The summed E-state index contributed by atoms with van der Waals surface area (Å²) >= 11 is 1.44. The van der Waals surface area contributed by atoms with Gasteiger partial charge >= 0.3 is 6.18 Å². The van der Waals surface area contributed by atoms with Crippen molar-refractivity contribution in [2.45, 2.75) is 58.2 Å². The first-order chi connectivity index (χ1) is 14.8. The van der Waals surface area contributed by atoms with Crippen LogP contribution in [0.2, 0.25) is 0 Å². The number of likely N-dealkylation sites (tertiary alicyclic amines) is 1. The lowest BCUT2D eigenvalue weighted by Gasteiger charge is -2.29. The van der Waals surface area contributed by atoms with Crippen LogP contribution in [-0.4, -0.2) is 43.3 Å². The van der Waals surface area contributed by atoms with Crippen LogP contribution < -0.4 is 16.4 Å². The molecule has 4 nitrogen and oxygen atoms in total. The van der Waals surface area contributed by atoms with Gasteiger partial charge in [-0.3, -0.25) is 0 Å². The Labute approximate surface area is 187 Å². The smallest absolute Gasteiger partial charge is 0.372 e. The van der Waals surface area contributed by atoms with Gasteiger partial charge in [-0.2, -0.15) is 13.2 Å². The third-order valence-electron chi connectivity index (χ3n) is 5.74. The molecule has 4 N–H and O–H groups in total. The van der Waals surface area contributed by atoms with Crippen LogP contribution in [-0.2, 0) is 0 Å². The first-order valence-corrected chi connectivity index (χ1v) is 11.9. The monoisotopic (exact) mass is 454 g/mol. The highest BCUT2D eigenvalue weighted by molar-refractivity contribution is 8.07. The molecule has 3 aliphatic rings. The van der Waals surface area contributed by atoms with Crippen molar-refractivity contribution < 1.29 is 13.2 Å². The summed E-state index contributed by atoms with van der Waals surface area (Å²) in [6.07, 6.45) is 7.23. The summed E-state index contributed by atoms with van der Waals surface area (Å²) in [6, 6.07) is -0.111. The summed E-state index contributed by atoms with van der Waals surface area (Å²) in [5.74, 6) is 0. The number of thioether (sulfide) groups is 1. The number of halogens is 3. The number of hydrogen-bond donors (Lipinski definition) is 3. The van der Waals surface area contributed by atoms with Crippen LogP contribution in [0.15, 0.2) is 56.8 Å². The molecule has 0 saturated carbocycles. The maximum absolute atomic E-state index is 13.5. The number of nitrogens with one attached hydrogen (secondary N) is 2. The van der Waals surface area contributed by atoms with Crippen molar-refractivity contribution in [3.63, 3.8) is 0 Å². The Kier molecular flexibility index (Phi) is 8.36. The van der Waals surface area contributed by atoms with Gasteiger partial charge in [0.1, 0.15) is 0 Å². The molecule has 0 aromatic rings. The van der Waals surface area contributed by atoms with Crippen LogP contribution in [0.4, 0.5) is 13.2 Å². The van der Waals surface area contributed by atoms with Crippen molar-refractivity contribution in [2.24, 2.45) is 5.73 Å². The second-order valence-electron chi connectivity index (χ2n) is 8.06. The van der Waals surface area contributed by atoms with Crippen molar-refractivity contribution in [3.8, 4) is 0 Å². The van der Waals surface area contributed by atoms with Crippen LogP contribution in [0.1, 0.15) is 46.0 Å².